The number of phenolic OH excluding ortho intramolecular Hbond substituents is 1. The lowest BCUT2D eigenvalue weighted by Gasteiger charge is -2.19. The molecule has 0 atom stereocenters. The smallest absolute Gasteiger partial charge is 0.271 e. The van der Waals surface area contributed by atoms with Crippen LogP contribution in [-0.4, -0.2) is 16.2 Å². The Labute approximate surface area is 200 Å². The van der Waals surface area contributed by atoms with E-state index in [-0.39, 0.29) is 11.7 Å². The van der Waals surface area contributed by atoms with Crippen molar-refractivity contribution >= 4 is 56.2 Å². The number of hydrogen-bond acceptors (Lipinski definition) is 4. The van der Waals surface area contributed by atoms with Gasteiger partial charge in [-0.25, -0.2) is 4.99 Å². The minimum absolute atomic E-state index is 0.136. The average molecular weight is 507 g/mol. The number of carbonyl (C=O) groups is 1. The van der Waals surface area contributed by atoms with Crippen molar-refractivity contribution in [3.63, 3.8) is 0 Å². The lowest BCUT2D eigenvalue weighted by molar-refractivity contribution is -0.113. The molecule has 4 nitrogen and oxygen atoms in total. The van der Waals surface area contributed by atoms with Crippen LogP contribution in [0.1, 0.15) is 27.8 Å². The SMILES string of the molecule is Cc1ccc(C)c(N=C2S/C(=C/c3cc(O)ccc3Br)C(=O)N2c2cc(C)ccc2C)c1. The van der Waals surface area contributed by atoms with Crippen LogP contribution in [-0.2, 0) is 4.79 Å². The third-order valence-electron chi connectivity index (χ3n) is 5.26. The van der Waals surface area contributed by atoms with Crippen molar-refractivity contribution < 1.29 is 9.90 Å². The summed E-state index contributed by atoms with van der Waals surface area (Å²) in [7, 11) is 0. The topological polar surface area (TPSA) is 52.9 Å². The third-order valence-corrected chi connectivity index (χ3v) is 6.95. The predicted molar refractivity (Wildman–Crippen MR) is 138 cm³/mol. The summed E-state index contributed by atoms with van der Waals surface area (Å²) in [6, 6.07) is 17.2. The molecule has 1 aliphatic rings. The van der Waals surface area contributed by atoms with Gasteiger partial charge < -0.3 is 5.11 Å². The number of amides is 1. The number of rotatable bonds is 3. The minimum Gasteiger partial charge on any atom is -0.508 e. The maximum Gasteiger partial charge on any atom is 0.271 e. The lowest BCUT2D eigenvalue weighted by Crippen LogP contribution is -2.29. The largest absolute Gasteiger partial charge is 0.508 e. The van der Waals surface area contributed by atoms with Gasteiger partial charge in [0.15, 0.2) is 5.17 Å². The first kappa shape index (κ1) is 22.4. The number of aliphatic imine (C=N–C) groups is 1. The standard InChI is InChI=1S/C26H23BrN2O2S/c1-15-5-7-17(3)22(11-15)28-26-29(23-12-16(2)6-8-18(23)4)25(31)24(32-26)14-19-13-20(30)9-10-21(19)27/h5-14,30H,1-4H3/b24-14+,28-26?. The number of hydrogen-bond donors (Lipinski definition) is 1. The van der Waals surface area contributed by atoms with E-state index >= 15 is 0 Å². The molecule has 1 heterocycles. The van der Waals surface area contributed by atoms with Gasteiger partial charge in [0.25, 0.3) is 5.91 Å². The Balaban J connectivity index is 1.88. The molecule has 1 aliphatic heterocycles. The number of thioether (sulfide) groups is 1. The molecule has 6 heteroatoms. The molecule has 0 spiro atoms. The first-order valence-corrected chi connectivity index (χ1v) is 11.8. The molecule has 4 rings (SSSR count). The van der Waals surface area contributed by atoms with E-state index in [4.69, 9.17) is 4.99 Å². The zero-order valence-electron chi connectivity index (χ0n) is 18.3. The van der Waals surface area contributed by atoms with Gasteiger partial charge in [0.05, 0.1) is 16.3 Å². The maximum absolute atomic E-state index is 13.6. The molecule has 1 saturated heterocycles. The van der Waals surface area contributed by atoms with E-state index in [0.717, 1.165) is 43.7 Å². The van der Waals surface area contributed by atoms with Crippen LogP contribution in [0.25, 0.3) is 6.08 Å². The molecule has 0 saturated carbocycles. The molecule has 32 heavy (non-hydrogen) atoms. The Morgan fingerprint density at radius 3 is 2.38 bits per heavy atom. The number of halogens is 1. The molecule has 0 aromatic heterocycles. The molecule has 162 valence electrons. The number of aryl methyl sites for hydroxylation is 4. The summed E-state index contributed by atoms with van der Waals surface area (Å²) in [5.74, 6) is 0.00848. The second-order valence-electron chi connectivity index (χ2n) is 7.93. The van der Waals surface area contributed by atoms with E-state index in [1.165, 1.54) is 11.8 Å². The molecule has 0 radical (unpaired) electrons. The Kier molecular flexibility index (Phi) is 6.26. The van der Waals surface area contributed by atoms with Crippen molar-refractivity contribution in [3.8, 4) is 5.75 Å². The van der Waals surface area contributed by atoms with Gasteiger partial charge in [-0.1, -0.05) is 40.2 Å². The number of nitrogens with zero attached hydrogens (tertiary/aromatic N) is 2. The third kappa shape index (κ3) is 4.52. The molecule has 1 amide bonds. The van der Waals surface area contributed by atoms with Crippen LogP contribution in [0.5, 0.6) is 5.75 Å². The molecule has 0 unspecified atom stereocenters. The Morgan fingerprint density at radius 2 is 1.62 bits per heavy atom. The second-order valence-corrected chi connectivity index (χ2v) is 9.79. The number of benzene rings is 3. The van der Waals surface area contributed by atoms with Crippen molar-refractivity contribution in [1.29, 1.82) is 0 Å². The Hall–Kier alpha value is -2.83. The fraction of sp³-hybridized carbons (Fsp3) is 0.154. The quantitative estimate of drug-likeness (QED) is 0.382. The molecule has 1 fully saturated rings. The predicted octanol–water partition coefficient (Wildman–Crippen LogP) is 7.20. The van der Waals surface area contributed by atoms with E-state index in [9.17, 15) is 9.90 Å². The van der Waals surface area contributed by atoms with Crippen molar-refractivity contribution in [3.05, 3.63) is 91.8 Å². The van der Waals surface area contributed by atoms with Gasteiger partial charge in [0.1, 0.15) is 5.75 Å². The van der Waals surface area contributed by atoms with Crippen LogP contribution in [0.2, 0.25) is 0 Å². The maximum atomic E-state index is 13.6. The number of amidine groups is 1. The number of carbonyl (C=O) groups excluding carboxylic acids is 1. The van der Waals surface area contributed by atoms with Crippen molar-refractivity contribution in [2.45, 2.75) is 27.7 Å². The van der Waals surface area contributed by atoms with Gasteiger partial charge >= 0.3 is 0 Å². The molecule has 0 bridgehead atoms. The van der Waals surface area contributed by atoms with Crippen LogP contribution in [0.4, 0.5) is 11.4 Å². The zero-order valence-corrected chi connectivity index (χ0v) is 20.7. The molecule has 3 aromatic rings. The van der Waals surface area contributed by atoms with Crippen LogP contribution in [0.15, 0.2) is 69.0 Å². The van der Waals surface area contributed by atoms with Gasteiger partial charge in [0, 0.05) is 4.47 Å². The summed E-state index contributed by atoms with van der Waals surface area (Å²) in [5.41, 5.74) is 6.63. The number of aromatic hydroxyl groups is 1. The molecule has 1 N–H and O–H groups in total. The van der Waals surface area contributed by atoms with Crippen LogP contribution in [0.3, 0.4) is 0 Å². The number of anilines is 1. The van der Waals surface area contributed by atoms with Crippen molar-refractivity contribution in [2.24, 2.45) is 4.99 Å². The van der Waals surface area contributed by atoms with Gasteiger partial charge in [-0.15, -0.1) is 0 Å². The lowest BCUT2D eigenvalue weighted by atomic mass is 10.1. The highest BCUT2D eigenvalue weighted by atomic mass is 79.9. The van der Waals surface area contributed by atoms with Gasteiger partial charge in [-0.2, -0.15) is 0 Å². The highest BCUT2D eigenvalue weighted by Crippen LogP contribution is 2.40. The Bertz CT molecular complexity index is 1300. The highest BCUT2D eigenvalue weighted by Gasteiger charge is 2.35. The van der Waals surface area contributed by atoms with Gasteiger partial charge in [-0.3, -0.25) is 9.69 Å². The second kappa shape index (κ2) is 8.96. The molecular formula is C26H23BrN2O2S. The van der Waals surface area contributed by atoms with Crippen LogP contribution >= 0.6 is 27.7 Å². The fourth-order valence-electron chi connectivity index (χ4n) is 3.45. The minimum atomic E-state index is -0.136. The molecule has 3 aromatic carbocycles. The first-order valence-electron chi connectivity index (χ1n) is 10.2. The highest BCUT2D eigenvalue weighted by molar-refractivity contribution is 9.10. The van der Waals surface area contributed by atoms with Gasteiger partial charge in [0.2, 0.25) is 0 Å². The van der Waals surface area contributed by atoms with Crippen molar-refractivity contribution in [2.75, 3.05) is 4.90 Å². The summed E-state index contributed by atoms with van der Waals surface area (Å²) in [6.45, 7) is 8.06. The summed E-state index contributed by atoms with van der Waals surface area (Å²) in [4.78, 5) is 20.7. The summed E-state index contributed by atoms with van der Waals surface area (Å²) < 4.78 is 0.800. The van der Waals surface area contributed by atoms with E-state index in [1.807, 2.05) is 58.0 Å². The average Bonchev–Trinajstić information content (AvgIpc) is 3.04. The summed E-state index contributed by atoms with van der Waals surface area (Å²) in [6.07, 6.45) is 1.79. The monoisotopic (exact) mass is 506 g/mol. The molecule has 0 aliphatic carbocycles. The van der Waals surface area contributed by atoms with E-state index in [0.29, 0.717) is 10.1 Å². The Morgan fingerprint density at radius 1 is 0.938 bits per heavy atom. The van der Waals surface area contributed by atoms with Crippen LogP contribution in [0, 0.1) is 27.7 Å². The zero-order chi connectivity index (χ0) is 23.0. The van der Waals surface area contributed by atoms with Crippen molar-refractivity contribution in [1.82, 2.24) is 0 Å². The van der Waals surface area contributed by atoms with Gasteiger partial charge in [-0.05, 0) is 104 Å². The van der Waals surface area contributed by atoms with Crippen LogP contribution < -0.4 is 4.90 Å². The normalized spacial score (nSPS) is 16.4. The first-order chi connectivity index (χ1) is 15.2. The summed E-state index contributed by atoms with van der Waals surface area (Å²) >= 11 is 4.85. The fourth-order valence-corrected chi connectivity index (χ4v) is 4.79. The number of phenols is 1. The summed E-state index contributed by atoms with van der Waals surface area (Å²) in [5, 5.41) is 10.5. The molecular weight excluding hydrogens is 484 g/mol. The van der Waals surface area contributed by atoms with E-state index < -0.39 is 0 Å². The van der Waals surface area contributed by atoms with E-state index in [2.05, 4.69) is 22.0 Å². The van der Waals surface area contributed by atoms with E-state index in [1.54, 1.807) is 29.2 Å².